The highest BCUT2D eigenvalue weighted by molar-refractivity contribution is 6.05. The fraction of sp³-hybridized carbons (Fsp3) is 0.0333. The van der Waals surface area contributed by atoms with Gasteiger partial charge in [-0.05, 0) is 54.6 Å². The van der Waals surface area contributed by atoms with Crippen molar-refractivity contribution >= 4 is 23.6 Å². The monoisotopic (exact) mass is 533 g/mol. The summed E-state index contributed by atoms with van der Waals surface area (Å²) in [6.45, 7) is 0.114. The number of non-ortho nitro benzene ring substituents is 1. The number of nitrogens with one attached hydrogen (secondary N) is 2. The summed E-state index contributed by atoms with van der Waals surface area (Å²) < 4.78 is 6.94. The van der Waals surface area contributed by atoms with Crippen LogP contribution in [0, 0.1) is 10.1 Å². The molecule has 198 valence electrons. The zero-order valence-electron chi connectivity index (χ0n) is 21.1. The summed E-state index contributed by atoms with van der Waals surface area (Å²) in [5, 5.41) is 21.4. The lowest BCUT2D eigenvalue weighted by atomic mass is 10.1. The van der Waals surface area contributed by atoms with E-state index in [1.165, 1.54) is 24.5 Å². The lowest BCUT2D eigenvalue weighted by Gasteiger charge is -2.11. The normalized spacial score (nSPS) is 11.2. The maximum Gasteiger partial charge on any atom is 0.269 e. The van der Waals surface area contributed by atoms with Crippen LogP contribution in [0.15, 0.2) is 120 Å². The summed E-state index contributed by atoms with van der Waals surface area (Å²) in [7, 11) is 0. The van der Waals surface area contributed by atoms with Gasteiger partial charge in [0.15, 0.2) is 0 Å². The minimum Gasteiger partial charge on any atom is -0.467 e. The Balaban J connectivity index is 1.56. The van der Waals surface area contributed by atoms with Gasteiger partial charge in [0.05, 0.1) is 23.4 Å². The quantitative estimate of drug-likeness (QED) is 0.153. The van der Waals surface area contributed by atoms with Gasteiger partial charge in [0, 0.05) is 35.0 Å². The largest absolute Gasteiger partial charge is 0.467 e. The smallest absolute Gasteiger partial charge is 0.269 e. The Hall–Kier alpha value is -5.77. The second kappa shape index (κ2) is 11.7. The molecule has 5 aromatic rings. The van der Waals surface area contributed by atoms with E-state index in [2.05, 4.69) is 10.6 Å². The number of para-hydroxylation sites is 1. The standard InChI is InChI=1S/C30H23N5O5/c36-29(22-8-3-1-4-9-22)32-27(30(37)31-19-26-12-7-17-40-26)18-23-20-34(24-10-5-2-6-11-24)33-28(23)21-13-15-25(16-14-21)35(38)39/h1-18,20H,19H2,(H,31,37)(H,32,36)/b27-18-. The number of nitrogens with zero attached hydrogens (tertiary/aromatic N) is 3. The molecule has 2 amide bonds. The Labute approximate surface area is 228 Å². The maximum absolute atomic E-state index is 13.3. The van der Waals surface area contributed by atoms with Crippen molar-refractivity contribution in [2.45, 2.75) is 6.54 Å². The van der Waals surface area contributed by atoms with Gasteiger partial charge >= 0.3 is 0 Å². The number of hydrogen-bond donors (Lipinski definition) is 2. The highest BCUT2D eigenvalue weighted by atomic mass is 16.6. The molecule has 0 atom stereocenters. The molecule has 0 unspecified atom stereocenters. The highest BCUT2D eigenvalue weighted by Crippen LogP contribution is 2.27. The van der Waals surface area contributed by atoms with Crippen LogP contribution in [0.5, 0.6) is 0 Å². The Morgan fingerprint density at radius 1 is 0.925 bits per heavy atom. The first kappa shape index (κ1) is 25.9. The number of furan rings is 1. The van der Waals surface area contributed by atoms with Crippen molar-refractivity contribution in [3.8, 4) is 16.9 Å². The molecule has 0 aliphatic rings. The molecule has 0 bridgehead atoms. The third-order valence-electron chi connectivity index (χ3n) is 5.95. The lowest BCUT2D eigenvalue weighted by molar-refractivity contribution is -0.384. The van der Waals surface area contributed by atoms with Crippen molar-refractivity contribution in [2.24, 2.45) is 0 Å². The van der Waals surface area contributed by atoms with E-state index in [4.69, 9.17) is 9.52 Å². The van der Waals surface area contributed by atoms with Gasteiger partial charge in [-0.1, -0.05) is 36.4 Å². The van der Waals surface area contributed by atoms with E-state index in [9.17, 15) is 19.7 Å². The summed E-state index contributed by atoms with van der Waals surface area (Å²) >= 11 is 0. The average Bonchev–Trinajstić information content (AvgIpc) is 3.67. The van der Waals surface area contributed by atoms with Crippen molar-refractivity contribution in [3.63, 3.8) is 0 Å². The van der Waals surface area contributed by atoms with Crippen LogP contribution in [-0.2, 0) is 11.3 Å². The van der Waals surface area contributed by atoms with E-state index in [1.54, 1.807) is 65.5 Å². The molecule has 0 fully saturated rings. The fourth-order valence-corrected chi connectivity index (χ4v) is 3.94. The summed E-state index contributed by atoms with van der Waals surface area (Å²) in [5.74, 6) is -0.458. The summed E-state index contributed by atoms with van der Waals surface area (Å²) in [4.78, 5) is 37.0. The van der Waals surface area contributed by atoms with E-state index < -0.39 is 16.7 Å². The van der Waals surface area contributed by atoms with Crippen molar-refractivity contribution in [1.29, 1.82) is 0 Å². The summed E-state index contributed by atoms with van der Waals surface area (Å²) in [6, 6.07) is 27.3. The molecule has 5 rings (SSSR count). The van der Waals surface area contributed by atoms with E-state index in [1.807, 2.05) is 30.3 Å². The fourth-order valence-electron chi connectivity index (χ4n) is 3.94. The van der Waals surface area contributed by atoms with E-state index >= 15 is 0 Å². The van der Waals surface area contributed by atoms with Crippen LogP contribution in [0.4, 0.5) is 5.69 Å². The second-order valence-corrected chi connectivity index (χ2v) is 8.66. The molecule has 3 aromatic carbocycles. The van der Waals surface area contributed by atoms with Crippen molar-refractivity contribution < 1.29 is 18.9 Å². The number of rotatable bonds is 9. The third kappa shape index (κ3) is 6.03. The first-order chi connectivity index (χ1) is 19.5. The highest BCUT2D eigenvalue weighted by Gasteiger charge is 2.19. The second-order valence-electron chi connectivity index (χ2n) is 8.66. The molecular weight excluding hydrogens is 510 g/mol. The van der Waals surface area contributed by atoms with Crippen molar-refractivity contribution in [2.75, 3.05) is 0 Å². The zero-order valence-corrected chi connectivity index (χ0v) is 21.1. The van der Waals surface area contributed by atoms with Gasteiger partial charge in [0.25, 0.3) is 17.5 Å². The predicted molar refractivity (Wildman–Crippen MR) is 148 cm³/mol. The van der Waals surface area contributed by atoms with Crippen LogP contribution in [0.1, 0.15) is 21.7 Å². The number of carbonyl (C=O) groups excluding carboxylic acids is 2. The summed E-state index contributed by atoms with van der Waals surface area (Å²) in [6.07, 6.45) is 4.76. The van der Waals surface area contributed by atoms with Crippen LogP contribution >= 0.6 is 0 Å². The molecule has 0 aliphatic heterocycles. The number of benzene rings is 3. The van der Waals surface area contributed by atoms with E-state index in [-0.39, 0.29) is 17.9 Å². The molecule has 40 heavy (non-hydrogen) atoms. The van der Waals surface area contributed by atoms with Crippen LogP contribution < -0.4 is 10.6 Å². The van der Waals surface area contributed by atoms with E-state index in [0.717, 1.165) is 5.69 Å². The Morgan fingerprint density at radius 2 is 1.62 bits per heavy atom. The van der Waals surface area contributed by atoms with Gasteiger partial charge < -0.3 is 15.1 Å². The van der Waals surface area contributed by atoms with Gasteiger partial charge in [-0.15, -0.1) is 0 Å². The SMILES string of the molecule is O=C(NCc1ccco1)/C(=C/c1cn(-c2ccccc2)nc1-c1ccc([N+](=O)[O-])cc1)NC(=O)c1ccccc1. The van der Waals surface area contributed by atoms with Gasteiger partial charge in [-0.2, -0.15) is 5.10 Å². The number of carbonyl (C=O) groups is 2. The number of amides is 2. The number of nitro groups is 1. The molecule has 10 heteroatoms. The molecule has 10 nitrogen and oxygen atoms in total. The van der Waals surface area contributed by atoms with Crippen LogP contribution in [0.25, 0.3) is 23.0 Å². The Bertz CT molecular complexity index is 1660. The molecule has 0 saturated carbocycles. The number of aromatic nitrogens is 2. The Kier molecular flexibility index (Phi) is 7.59. The molecule has 0 radical (unpaired) electrons. The molecule has 2 heterocycles. The van der Waals surface area contributed by atoms with Crippen molar-refractivity contribution in [3.05, 3.63) is 142 Å². The van der Waals surface area contributed by atoms with Crippen LogP contribution in [0.2, 0.25) is 0 Å². The maximum atomic E-state index is 13.3. The van der Waals surface area contributed by atoms with E-state index in [0.29, 0.717) is 28.1 Å². The van der Waals surface area contributed by atoms with Gasteiger partial charge in [-0.3, -0.25) is 19.7 Å². The molecule has 0 saturated heterocycles. The molecular formula is C30H23N5O5. The topological polar surface area (TPSA) is 132 Å². The molecule has 2 aromatic heterocycles. The lowest BCUT2D eigenvalue weighted by Crippen LogP contribution is -2.34. The van der Waals surface area contributed by atoms with Gasteiger partial charge in [0.2, 0.25) is 0 Å². The molecule has 2 N–H and O–H groups in total. The van der Waals surface area contributed by atoms with Crippen LogP contribution in [0.3, 0.4) is 0 Å². The van der Waals surface area contributed by atoms with Gasteiger partial charge in [0.1, 0.15) is 17.2 Å². The number of hydrogen-bond acceptors (Lipinski definition) is 6. The van der Waals surface area contributed by atoms with Gasteiger partial charge in [-0.25, -0.2) is 4.68 Å². The first-order valence-electron chi connectivity index (χ1n) is 12.3. The number of nitro benzene ring substituents is 1. The molecule has 0 spiro atoms. The Morgan fingerprint density at radius 3 is 2.27 bits per heavy atom. The van der Waals surface area contributed by atoms with Crippen molar-refractivity contribution in [1.82, 2.24) is 20.4 Å². The zero-order chi connectivity index (χ0) is 27.9. The average molecular weight is 534 g/mol. The first-order valence-corrected chi connectivity index (χ1v) is 12.3. The third-order valence-corrected chi connectivity index (χ3v) is 5.95. The predicted octanol–water partition coefficient (Wildman–Crippen LogP) is 5.13. The minimum atomic E-state index is -0.539. The summed E-state index contributed by atoms with van der Waals surface area (Å²) in [5.41, 5.74) is 2.63. The van der Waals surface area contributed by atoms with Crippen LogP contribution in [-0.4, -0.2) is 26.5 Å². The minimum absolute atomic E-state index is 0.0174. The molecule has 0 aliphatic carbocycles.